The van der Waals surface area contributed by atoms with Crippen molar-refractivity contribution in [2.75, 3.05) is 0 Å². The summed E-state index contributed by atoms with van der Waals surface area (Å²) < 4.78 is 0. The summed E-state index contributed by atoms with van der Waals surface area (Å²) in [6.07, 6.45) is -0.0281. The number of rotatable bonds is 13. The maximum Gasteiger partial charge on any atom is 0.326 e. The van der Waals surface area contributed by atoms with Crippen molar-refractivity contribution in [2.45, 2.75) is 78.6 Å². The van der Waals surface area contributed by atoms with Crippen molar-refractivity contribution in [1.29, 1.82) is 0 Å². The summed E-state index contributed by atoms with van der Waals surface area (Å²) in [5.41, 5.74) is 10.8. The number of hydrogen-bond acceptors (Lipinski definition) is 6. The highest BCUT2D eigenvalue weighted by Crippen LogP contribution is 2.09. The van der Waals surface area contributed by atoms with Gasteiger partial charge in [-0.1, -0.05) is 41.5 Å². The first-order valence-electron chi connectivity index (χ1n) is 10.4. The van der Waals surface area contributed by atoms with Gasteiger partial charge in [-0.2, -0.15) is 0 Å². The number of carboxylic acids is 1. The van der Waals surface area contributed by atoms with E-state index in [-0.39, 0.29) is 30.6 Å². The molecule has 0 saturated carbocycles. The smallest absolute Gasteiger partial charge is 0.326 e. The lowest BCUT2D eigenvalue weighted by Crippen LogP contribution is -2.60. The van der Waals surface area contributed by atoms with Crippen LogP contribution in [0.1, 0.15) is 54.4 Å². The lowest BCUT2D eigenvalue weighted by molar-refractivity contribution is -0.144. The fraction of sp³-hybridized carbons (Fsp3) is 0.750. The number of primary amides is 1. The average Bonchev–Trinajstić information content (AvgIpc) is 2.64. The normalized spacial score (nSPS) is 15.2. The number of nitrogens with two attached hydrogens (primary N) is 2. The van der Waals surface area contributed by atoms with Gasteiger partial charge in [-0.3, -0.25) is 19.2 Å². The van der Waals surface area contributed by atoms with Crippen LogP contribution < -0.4 is 27.4 Å². The number of nitrogens with one attached hydrogen (secondary N) is 3. The summed E-state index contributed by atoms with van der Waals surface area (Å²) in [6, 6.07) is -4.11. The van der Waals surface area contributed by atoms with Gasteiger partial charge in [-0.25, -0.2) is 4.79 Å². The molecule has 0 spiro atoms. The van der Waals surface area contributed by atoms with Crippen LogP contribution in [-0.2, 0) is 24.0 Å². The van der Waals surface area contributed by atoms with Crippen molar-refractivity contribution in [1.82, 2.24) is 16.0 Å². The molecule has 0 saturated heterocycles. The zero-order chi connectivity index (χ0) is 24.5. The van der Waals surface area contributed by atoms with Crippen LogP contribution in [0.4, 0.5) is 0 Å². The van der Waals surface area contributed by atoms with E-state index in [0.29, 0.717) is 0 Å². The minimum atomic E-state index is -1.17. The highest BCUT2D eigenvalue weighted by molar-refractivity contribution is 5.94. The second-order valence-electron chi connectivity index (χ2n) is 8.64. The fourth-order valence-electron chi connectivity index (χ4n) is 2.76. The van der Waals surface area contributed by atoms with E-state index in [4.69, 9.17) is 11.5 Å². The lowest BCUT2D eigenvalue weighted by atomic mass is 9.98. The Hall–Kier alpha value is -2.69. The molecule has 11 heteroatoms. The van der Waals surface area contributed by atoms with E-state index >= 15 is 0 Å². The summed E-state index contributed by atoms with van der Waals surface area (Å²) in [4.78, 5) is 60.1. The predicted molar refractivity (Wildman–Crippen MR) is 114 cm³/mol. The SMILES string of the molecule is CC(C)C(NC(=O)C(NC(=O)C(NC(=O)C(N)CCC(N)=O)C(C)C)C(C)C)C(=O)O. The molecule has 0 aromatic carbocycles. The number of aliphatic carboxylic acids is 1. The molecule has 4 unspecified atom stereocenters. The molecular weight excluding hydrogens is 406 g/mol. The van der Waals surface area contributed by atoms with Gasteiger partial charge in [0, 0.05) is 6.42 Å². The topological polar surface area (TPSA) is 194 Å². The molecule has 4 amide bonds. The van der Waals surface area contributed by atoms with Crippen molar-refractivity contribution in [3.63, 3.8) is 0 Å². The minimum absolute atomic E-state index is 0.0381. The van der Waals surface area contributed by atoms with Crippen molar-refractivity contribution in [2.24, 2.45) is 29.2 Å². The Kier molecular flexibility index (Phi) is 11.8. The van der Waals surface area contributed by atoms with Gasteiger partial charge in [0.2, 0.25) is 23.6 Å². The summed E-state index contributed by atoms with van der Waals surface area (Å²) in [7, 11) is 0. The summed E-state index contributed by atoms with van der Waals surface area (Å²) in [6.45, 7) is 10.2. The molecule has 4 atom stereocenters. The van der Waals surface area contributed by atoms with E-state index in [0.717, 1.165) is 0 Å². The number of carboxylic acid groups (broad SMARTS) is 1. The van der Waals surface area contributed by atoms with Crippen LogP contribution in [0.3, 0.4) is 0 Å². The third kappa shape index (κ3) is 9.77. The molecule has 0 aliphatic carbocycles. The van der Waals surface area contributed by atoms with Gasteiger partial charge in [0.05, 0.1) is 6.04 Å². The quantitative estimate of drug-likeness (QED) is 0.212. The highest BCUT2D eigenvalue weighted by atomic mass is 16.4. The van der Waals surface area contributed by atoms with Crippen molar-refractivity contribution in [3.8, 4) is 0 Å². The van der Waals surface area contributed by atoms with Gasteiger partial charge in [0.15, 0.2) is 0 Å². The van der Waals surface area contributed by atoms with Crippen LogP contribution in [0.5, 0.6) is 0 Å². The molecule has 0 aliphatic heterocycles. The van der Waals surface area contributed by atoms with Gasteiger partial charge in [0.25, 0.3) is 0 Å². The summed E-state index contributed by atoms with van der Waals surface area (Å²) in [5, 5.41) is 16.9. The van der Waals surface area contributed by atoms with E-state index in [2.05, 4.69) is 16.0 Å². The van der Waals surface area contributed by atoms with Crippen molar-refractivity contribution < 1.29 is 29.1 Å². The molecule has 0 rings (SSSR count). The Morgan fingerprint density at radius 1 is 0.710 bits per heavy atom. The van der Waals surface area contributed by atoms with E-state index in [1.165, 1.54) is 0 Å². The van der Waals surface area contributed by atoms with Gasteiger partial charge >= 0.3 is 5.97 Å². The zero-order valence-corrected chi connectivity index (χ0v) is 19.1. The molecule has 8 N–H and O–H groups in total. The highest BCUT2D eigenvalue weighted by Gasteiger charge is 2.33. The number of amides is 4. The van der Waals surface area contributed by atoms with Crippen LogP contribution >= 0.6 is 0 Å². The first kappa shape index (κ1) is 28.3. The molecule has 11 nitrogen and oxygen atoms in total. The van der Waals surface area contributed by atoms with Crippen LogP contribution in [0.15, 0.2) is 0 Å². The Morgan fingerprint density at radius 2 is 1.06 bits per heavy atom. The molecule has 0 fully saturated rings. The van der Waals surface area contributed by atoms with Gasteiger partial charge in [-0.05, 0) is 24.2 Å². The van der Waals surface area contributed by atoms with Gasteiger partial charge in [0.1, 0.15) is 18.1 Å². The Morgan fingerprint density at radius 3 is 1.39 bits per heavy atom. The van der Waals surface area contributed by atoms with E-state index in [9.17, 15) is 29.1 Å². The number of hydrogen-bond donors (Lipinski definition) is 6. The van der Waals surface area contributed by atoms with Crippen molar-refractivity contribution in [3.05, 3.63) is 0 Å². The molecule has 0 aromatic rings. The summed E-state index contributed by atoms with van der Waals surface area (Å²) in [5.74, 6) is -4.63. The van der Waals surface area contributed by atoms with Crippen LogP contribution in [0.2, 0.25) is 0 Å². The molecular formula is C20H37N5O6. The standard InChI is InChI=1S/C20H37N5O6/c1-9(2)14(23-17(27)12(21)7-8-13(22)26)18(28)24-15(10(3)4)19(29)25-16(11(5)6)20(30)31/h9-12,14-16H,7-8,21H2,1-6H3,(H2,22,26)(H,23,27)(H,24,28)(H,25,29)(H,30,31). The molecule has 0 radical (unpaired) electrons. The van der Waals surface area contributed by atoms with Crippen molar-refractivity contribution >= 4 is 29.6 Å². The second kappa shape index (κ2) is 12.9. The second-order valence-corrected chi connectivity index (χ2v) is 8.64. The minimum Gasteiger partial charge on any atom is -0.480 e. The zero-order valence-electron chi connectivity index (χ0n) is 19.1. The number of carbonyl (C=O) groups is 5. The van der Waals surface area contributed by atoms with E-state index in [1.807, 2.05) is 0 Å². The fourth-order valence-corrected chi connectivity index (χ4v) is 2.76. The average molecular weight is 444 g/mol. The molecule has 0 aromatic heterocycles. The molecule has 178 valence electrons. The van der Waals surface area contributed by atoms with Gasteiger partial charge < -0.3 is 32.5 Å². The summed E-state index contributed by atoms with van der Waals surface area (Å²) >= 11 is 0. The van der Waals surface area contributed by atoms with Gasteiger partial charge in [-0.15, -0.1) is 0 Å². The molecule has 0 heterocycles. The third-order valence-electron chi connectivity index (χ3n) is 4.76. The molecule has 0 bridgehead atoms. The van der Waals surface area contributed by atoms with Crippen LogP contribution in [0.25, 0.3) is 0 Å². The van der Waals surface area contributed by atoms with E-state index < -0.39 is 53.8 Å². The van der Waals surface area contributed by atoms with E-state index in [1.54, 1.807) is 41.5 Å². The largest absolute Gasteiger partial charge is 0.480 e. The monoisotopic (exact) mass is 443 g/mol. The molecule has 0 aliphatic rings. The van der Waals surface area contributed by atoms with Crippen LogP contribution in [0, 0.1) is 17.8 Å². The maximum absolute atomic E-state index is 12.8. The first-order valence-corrected chi connectivity index (χ1v) is 10.4. The Bertz CT molecular complexity index is 664. The Balaban J connectivity index is 5.31. The predicted octanol–water partition coefficient (Wildman–Crippen LogP) is -0.914. The van der Waals surface area contributed by atoms with Crippen LogP contribution in [-0.4, -0.2) is 58.9 Å². The Labute approximate surface area is 183 Å². The molecule has 31 heavy (non-hydrogen) atoms. The number of carbonyl (C=O) groups excluding carboxylic acids is 4. The lowest BCUT2D eigenvalue weighted by Gasteiger charge is -2.29. The maximum atomic E-state index is 12.8. The third-order valence-corrected chi connectivity index (χ3v) is 4.76. The first-order chi connectivity index (χ1) is 14.2.